The lowest BCUT2D eigenvalue weighted by atomic mass is 9.32. The van der Waals surface area contributed by atoms with Crippen LogP contribution >= 0.6 is 0 Å². The highest BCUT2D eigenvalue weighted by Crippen LogP contribution is 2.77. The first-order valence-electron chi connectivity index (χ1n) is 16.7. The summed E-state index contributed by atoms with van der Waals surface area (Å²) >= 11 is 0. The Bertz CT molecular complexity index is 1030. The summed E-state index contributed by atoms with van der Waals surface area (Å²) in [6.45, 7) is 19.3. The molecule has 0 spiro atoms. The van der Waals surface area contributed by atoms with Gasteiger partial charge in [0.25, 0.3) is 0 Å². The molecule has 234 valence electrons. The summed E-state index contributed by atoms with van der Waals surface area (Å²) in [7, 11) is 0. The second-order valence-electron chi connectivity index (χ2n) is 16.9. The molecule has 6 fully saturated rings. The van der Waals surface area contributed by atoms with E-state index in [4.69, 9.17) is 9.47 Å². The van der Waals surface area contributed by atoms with E-state index in [9.17, 15) is 20.4 Å². The molecule has 1 heterocycles. The summed E-state index contributed by atoms with van der Waals surface area (Å²) in [5, 5.41) is 41.2. The van der Waals surface area contributed by atoms with Gasteiger partial charge in [-0.3, -0.25) is 0 Å². The van der Waals surface area contributed by atoms with Crippen molar-refractivity contribution in [3.8, 4) is 0 Å². The van der Waals surface area contributed by atoms with E-state index < -0.39 is 24.6 Å². The number of allylic oxidation sites excluding steroid dienone is 1. The molecule has 41 heavy (non-hydrogen) atoms. The molecule has 4 N–H and O–H groups in total. The zero-order valence-electron chi connectivity index (χ0n) is 26.6. The van der Waals surface area contributed by atoms with E-state index in [-0.39, 0.29) is 39.8 Å². The normalized spacial score (nSPS) is 56.0. The summed E-state index contributed by atoms with van der Waals surface area (Å²) in [6.07, 6.45) is 7.62. The van der Waals surface area contributed by atoms with Crippen LogP contribution in [0.3, 0.4) is 0 Å². The first kappa shape index (κ1) is 30.5. The maximum Gasteiger partial charge on any atom is 0.186 e. The Morgan fingerprint density at radius 1 is 0.829 bits per heavy atom. The fraction of sp³-hybridized carbons (Fsp3) is 0.943. The summed E-state index contributed by atoms with van der Waals surface area (Å²) in [6, 6.07) is 0. The van der Waals surface area contributed by atoms with Crippen molar-refractivity contribution < 1.29 is 29.9 Å². The Morgan fingerprint density at radius 3 is 2.20 bits per heavy atom. The average molecular weight is 575 g/mol. The molecule has 5 saturated carbocycles. The quantitative estimate of drug-likeness (QED) is 0.326. The minimum absolute atomic E-state index is 0.0733. The minimum atomic E-state index is -1.14. The molecule has 6 aliphatic rings. The van der Waals surface area contributed by atoms with Crippen molar-refractivity contribution in [1.29, 1.82) is 0 Å². The molecule has 0 unspecified atom stereocenters. The Morgan fingerprint density at radius 2 is 1.56 bits per heavy atom. The molecule has 0 aromatic heterocycles. The molecule has 5 aliphatic carbocycles. The lowest BCUT2D eigenvalue weighted by Gasteiger charge is -2.73. The van der Waals surface area contributed by atoms with Gasteiger partial charge in [-0.15, -0.1) is 0 Å². The molecule has 6 rings (SSSR count). The smallest absolute Gasteiger partial charge is 0.186 e. The third-order valence-electron chi connectivity index (χ3n) is 15.3. The second-order valence-corrected chi connectivity index (χ2v) is 16.9. The van der Waals surface area contributed by atoms with Crippen LogP contribution in [0.5, 0.6) is 0 Å². The zero-order valence-corrected chi connectivity index (χ0v) is 26.6. The van der Waals surface area contributed by atoms with E-state index in [0.29, 0.717) is 36.2 Å². The molecule has 0 aromatic rings. The van der Waals surface area contributed by atoms with Gasteiger partial charge in [-0.05, 0) is 128 Å². The van der Waals surface area contributed by atoms with E-state index in [1.807, 2.05) is 0 Å². The standard InChI is InChI=1S/C35H58O6/c1-20(2)21-10-15-35(19-37)17-16-33(6)22(27(21)35)8-9-25-32(5)13-12-26(31(3,4)24(32)11-14-34(25,33)7)41-30-29(39)28(38)23(18-36)40-30/h21-30,36-39H,1,8-19H2,2-7H3/t21-,22+,23-,24-,25+,26-,27+,28-,29+,30-,32-,33+,34+,35+/m0/s1. The minimum Gasteiger partial charge on any atom is -0.396 e. The average Bonchev–Trinajstić information content (AvgIpc) is 3.44. The van der Waals surface area contributed by atoms with Crippen LogP contribution in [0, 0.1) is 56.7 Å². The number of aliphatic hydroxyl groups excluding tert-OH is 4. The van der Waals surface area contributed by atoms with Crippen molar-refractivity contribution in [2.24, 2.45) is 56.7 Å². The predicted octanol–water partition coefficient (Wildman–Crippen LogP) is 5.46. The second kappa shape index (κ2) is 10.0. The van der Waals surface area contributed by atoms with Gasteiger partial charge in [0.05, 0.1) is 12.7 Å². The highest BCUT2D eigenvalue weighted by Gasteiger charge is 2.71. The van der Waals surface area contributed by atoms with Crippen molar-refractivity contribution >= 4 is 0 Å². The van der Waals surface area contributed by atoms with E-state index in [2.05, 4.69) is 48.1 Å². The molecular formula is C35H58O6. The van der Waals surface area contributed by atoms with E-state index in [1.165, 1.54) is 44.1 Å². The molecule has 0 amide bonds. The van der Waals surface area contributed by atoms with Gasteiger partial charge in [0.1, 0.15) is 18.3 Å². The topological polar surface area (TPSA) is 99.4 Å². The summed E-state index contributed by atoms with van der Waals surface area (Å²) in [5.41, 5.74) is 2.05. The monoisotopic (exact) mass is 574 g/mol. The van der Waals surface area contributed by atoms with Crippen LogP contribution < -0.4 is 0 Å². The lowest BCUT2D eigenvalue weighted by Crippen LogP contribution is -2.67. The van der Waals surface area contributed by atoms with Gasteiger partial charge in [-0.25, -0.2) is 0 Å². The first-order chi connectivity index (χ1) is 19.2. The molecule has 0 bridgehead atoms. The van der Waals surface area contributed by atoms with Gasteiger partial charge in [0.15, 0.2) is 6.29 Å². The fourth-order valence-corrected chi connectivity index (χ4v) is 12.9. The van der Waals surface area contributed by atoms with Gasteiger partial charge in [0, 0.05) is 6.61 Å². The maximum absolute atomic E-state index is 10.8. The zero-order chi connectivity index (χ0) is 29.8. The van der Waals surface area contributed by atoms with E-state index in [1.54, 1.807) is 0 Å². The molecule has 14 atom stereocenters. The lowest BCUT2D eigenvalue weighted by molar-refractivity contribution is -0.275. The summed E-state index contributed by atoms with van der Waals surface area (Å²) < 4.78 is 12.2. The molecule has 0 radical (unpaired) electrons. The number of ether oxygens (including phenoxy) is 2. The Hall–Kier alpha value is -0.500. The van der Waals surface area contributed by atoms with Crippen LogP contribution in [0.2, 0.25) is 0 Å². The third-order valence-corrected chi connectivity index (χ3v) is 15.3. The number of hydrogen-bond donors (Lipinski definition) is 4. The molecule has 1 aliphatic heterocycles. The molecule has 1 saturated heterocycles. The third kappa shape index (κ3) is 4.02. The van der Waals surface area contributed by atoms with Crippen molar-refractivity contribution in [3.63, 3.8) is 0 Å². The van der Waals surface area contributed by atoms with Crippen molar-refractivity contribution in [2.45, 2.75) is 136 Å². The van der Waals surface area contributed by atoms with Gasteiger partial charge in [-0.1, -0.05) is 46.8 Å². The Kier molecular flexibility index (Phi) is 7.45. The van der Waals surface area contributed by atoms with Gasteiger partial charge in [0.2, 0.25) is 0 Å². The van der Waals surface area contributed by atoms with Crippen LogP contribution in [0.4, 0.5) is 0 Å². The molecule has 6 heteroatoms. The first-order valence-corrected chi connectivity index (χ1v) is 16.7. The van der Waals surface area contributed by atoms with Crippen molar-refractivity contribution in [3.05, 3.63) is 12.2 Å². The number of fused-ring (bicyclic) bond motifs is 7. The Labute approximate surface area is 248 Å². The highest BCUT2D eigenvalue weighted by molar-refractivity contribution is 5.21. The van der Waals surface area contributed by atoms with Crippen LogP contribution in [0.25, 0.3) is 0 Å². The number of hydrogen-bond acceptors (Lipinski definition) is 6. The van der Waals surface area contributed by atoms with Gasteiger partial charge >= 0.3 is 0 Å². The van der Waals surface area contributed by atoms with Gasteiger partial charge in [-0.2, -0.15) is 0 Å². The van der Waals surface area contributed by atoms with Crippen molar-refractivity contribution in [1.82, 2.24) is 0 Å². The summed E-state index contributed by atoms with van der Waals surface area (Å²) in [5.74, 6) is 2.90. The van der Waals surface area contributed by atoms with Gasteiger partial charge < -0.3 is 29.9 Å². The van der Waals surface area contributed by atoms with Crippen LogP contribution in [-0.4, -0.2) is 64.3 Å². The number of aliphatic hydroxyl groups is 4. The van der Waals surface area contributed by atoms with Crippen LogP contribution in [0.15, 0.2) is 12.2 Å². The molecular weight excluding hydrogens is 516 g/mol. The largest absolute Gasteiger partial charge is 0.396 e. The van der Waals surface area contributed by atoms with E-state index >= 15 is 0 Å². The Balaban J connectivity index is 1.27. The maximum atomic E-state index is 10.8. The summed E-state index contributed by atoms with van der Waals surface area (Å²) in [4.78, 5) is 0. The van der Waals surface area contributed by atoms with Crippen molar-refractivity contribution in [2.75, 3.05) is 13.2 Å². The molecule has 6 nitrogen and oxygen atoms in total. The van der Waals surface area contributed by atoms with Crippen LogP contribution in [-0.2, 0) is 9.47 Å². The van der Waals surface area contributed by atoms with E-state index in [0.717, 1.165) is 25.7 Å². The predicted molar refractivity (Wildman–Crippen MR) is 159 cm³/mol. The van der Waals surface area contributed by atoms with Crippen LogP contribution in [0.1, 0.15) is 106 Å². The SMILES string of the molecule is C=C(C)[C@@H]1CC[C@]2(CO)CC[C@]3(C)[C@H](CC[C@@H]4[C@@]5(C)CC[C@H](O[C@@H]6O[C@@H](CO)[C@H](O)[C@H]6O)C(C)(C)[C@@H]5CC[C@]43C)[C@@H]12. The highest BCUT2D eigenvalue weighted by atomic mass is 16.7. The fourth-order valence-electron chi connectivity index (χ4n) is 12.9. The molecule has 0 aromatic carbocycles. The number of rotatable bonds is 5.